The summed E-state index contributed by atoms with van der Waals surface area (Å²) in [7, 11) is 0. The zero-order valence-corrected chi connectivity index (χ0v) is 27.2. The van der Waals surface area contributed by atoms with Crippen molar-refractivity contribution in [1.29, 1.82) is 0 Å². The predicted octanol–water partition coefficient (Wildman–Crippen LogP) is 10.5. The molecule has 0 radical (unpaired) electrons. The summed E-state index contributed by atoms with van der Waals surface area (Å²) in [5, 5.41) is 0. The highest BCUT2D eigenvalue weighted by atomic mass is 19.4. The van der Waals surface area contributed by atoms with E-state index in [4.69, 9.17) is 4.74 Å². The first-order valence-electron chi connectivity index (χ1n) is 15.8. The number of alkyl halides is 13. The highest BCUT2D eigenvalue weighted by Crippen LogP contribution is 2.48. The summed E-state index contributed by atoms with van der Waals surface area (Å²) in [4.78, 5) is 8.55. The van der Waals surface area contributed by atoms with Gasteiger partial charge in [-0.15, -0.1) is 13.2 Å². The second kappa shape index (κ2) is 19.2. The Balaban J connectivity index is 1.78. The third-order valence-corrected chi connectivity index (χ3v) is 6.85. The molecule has 0 amide bonds. The van der Waals surface area contributed by atoms with Gasteiger partial charge in [0.1, 0.15) is 12.4 Å². The van der Waals surface area contributed by atoms with Crippen LogP contribution in [0.4, 0.5) is 57.1 Å². The number of rotatable bonds is 25. The minimum atomic E-state index is -7.09. The Morgan fingerprint density at radius 1 is 0.588 bits per heavy atom. The molecule has 0 saturated carbocycles. The van der Waals surface area contributed by atoms with Gasteiger partial charge in [0.2, 0.25) is 0 Å². The van der Waals surface area contributed by atoms with E-state index in [1.165, 1.54) is 6.42 Å². The van der Waals surface area contributed by atoms with Gasteiger partial charge < -0.3 is 9.47 Å². The Morgan fingerprint density at radius 3 is 1.73 bits per heavy atom. The van der Waals surface area contributed by atoms with Gasteiger partial charge in [-0.2, -0.15) is 43.9 Å². The molecule has 0 unspecified atom stereocenters. The maximum absolute atomic E-state index is 13.7. The first-order chi connectivity index (χ1) is 23.6. The van der Waals surface area contributed by atoms with Crippen LogP contribution in [0.1, 0.15) is 76.7 Å². The molecule has 0 aliphatic carbocycles. The Labute approximate surface area is 284 Å². The Bertz CT molecular complexity index is 1300. The number of unbranched alkanes of at least 4 members (excludes halogenated alkanes) is 8. The summed E-state index contributed by atoms with van der Waals surface area (Å²) in [5.41, 5.74) is 1.80. The molecule has 0 bridgehead atoms. The zero-order valence-electron chi connectivity index (χ0n) is 27.2. The standard InChI is InChI=1S/C31H37F13N2O5/c1-2-3-4-5-6-9-13-22-20-23(25-45-16-12-17-46-25)14-15-24(22)48-19-11-8-7-10-18-47-21-26(32,33)49-27(34,35)28(36,37)50-29(38,39)30(40,41)51-31(42,43)44/h12,14-17,20H,2-11,13,18-19,21H2,1H3. The van der Waals surface area contributed by atoms with E-state index in [0.717, 1.165) is 49.7 Å². The van der Waals surface area contributed by atoms with E-state index in [2.05, 4.69) is 26.4 Å². The van der Waals surface area contributed by atoms with Crippen LogP contribution in [0.2, 0.25) is 0 Å². The molecule has 7 nitrogen and oxygen atoms in total. The number of halogens is 13. The van der Waals surface area contributed by atoms with E-state index in [1.807, 2.05) is 22.9 Å². The topological polar surface area (TPSA) is 71.9 Å². The van der Waals surface area contributed by atoms with Gasteiger partial charge in [-0.25, -0.2) is 24.2 Å². The smallest absolute Gasteiger partial charge is 0.493 e. The summed E-state index contributed by atoms with van der Waals surface area (Å²) in [6.45, 7) is -0.214. The van der Waals surface area contributed by atoms with Crippen molar-refractivity contribution in [2.75, 3.05) is 19.8 Å². The monoisotopic (exact) mass is 764 g/mol. The number of hydrogen-bond acceptors (Lipinski definition) is 7. The van der Waals surface area contributed by atoms with Gasteiger partial charge in [-0.05, 0) is 61.9 Å². The lowest BCUT2D eigenvalue weighted by atomic mass is 10.0. The predicted molar refractivity (Wildman–Crippen MR) is 153 cm³/mol. The molecule has 0 aliphatic heterocycles. The summed E-state index contributed by atoms with van der Waals surface area (Å²) in [6.07, 6.45) is -27.6. The molecule has 0 aliphatic rings. The first kappa shape index (κ1) is 44.2. The lowest BCUT2D eigenvalue weighted by Crippen LogP contribution is -2.57. The second-order valence-electron chi connectivity index (χ2n) is 11.2. The van der Waals surface area contributed by atoms with Crippen LogP contribution in [0, 0.1) is 0 Å². The maximum Gasteiger partial charge on any atom is 0.527 e. The van der Waals surface area contributed by atoms with E-state index < -0.39 is 50.1 Å². The number of benzene rings is 1. The number of aryl methyl sites for hydroxylation is 1. The van der Waals surface area contributed by atoms with Gasteiger partial charge in [0.05, 0.1) is 6.61 Å². The van der Waals surface area contributed by atoms with Crippen LogP contribution in [-0.2, 0) is 25.4 Å². The Kier molecular flexibility index (Phi) is 16.6. The molecular weight excluding hydrogens is 727 g/mol. The molecule has 51 heavy (non-hydrogen) atoms. The van der Waals surface area contributed by atoms with Gasteiger partial charge in [0.15, 0.2) is 5.82 Å². The van der Waals surface area contributed by atoms with E-state index in [9.17, 15) is 57.1 Å². The molecule has 292 valence electrons. The summed E-state index contributed by atoms with van der Waals surface area (Å²) < 4.78 is 186. The molecule has 1 aromatic carbocycles. The van der Waals surface area contributed by atoms with E-state index >= 15 is 0 Å². The van der Waals surface area contributed by atoms with Crippen LogP contribution < -0.4 is 4.74 Å². The molecule has 0 fully saturated rings. The molecule has 0 saturated heterocycles. The van der Waals surface area contributed by atoms with Crippen LogP contribution >= 0.6 is 0 Å². The fourth-order valence-corrected chi connectivity index (χ4v) is 4.39. The van der Waals surface area contributed by atoms with Crippen molar-refractivity contribution in [2.24, 2.45) is 0 Å². The molecule has 2 aromatic rings. The largest absolute Gasteiger partial charge is 0.527 e. The number of hydrogen-bond donors (Lipinski definition) is 0. The maximum atomic E-state index is 13.7. The van der Waals surface area contributed by atoms with Crippen LogP contribution in [0.25, 0.3) is 11.4 Å². The molecule has 0 N–H and O–H groups in total. The minimum Gasteiger partial charge on any atom is -0.493 e. The average molecular weight is 765 g/mol. The lowest BCUT2D eigenvalue weighted by Gasteiger charge is -2.33. The van der Waals surface area contributed by atoms with Crippen LogP contribution in [0.5, 0.6) is 5.75 Å². The fraction of sp³-hybridized carbons (Fsp3) is 0.677. The van der Waals surface area contributed by atoms with Crippen LogP contribution in [-0.4, -0.2) is 66.7 Å². The van der Waals surface area contributed by atoms with Gasteiger partial charge in [0.25, 0.3) is 0 Å². The summed E-state index contributed by atoms with van der Waals surface area (Å²) >= 11 is 0. The van der Waals surface area contributed by atoms with Crippen molar-refractivity contribution in [3.63, 3.8) is 0 Å². The molecule has 0 spiro atoms. The van der Waals surface area contributed by atoms with Crippen molar-refractivity contribution < 1.29 is 80.8 Å². The highest BCUT2D eigenvalue weighted by molar-refractivity contribution is 5.58. The summed E-state index contributed by atoms with van der Waals surface area (Å²) in [5.74, 6) is 1.24. The second-order valence-corrected chi connectivity index (χ2v) is 11.2. The molecule has 20 heteroatoms. The van der Waals surface area contributed by atoms with Crippen molar-refractivity contribution in [1.82, 2.24) is 9.97 Å². The van der Waals surface area contributed by atoms with Gasteiger partial charge >= 0.3 is 36.9 Å². The quantitative estimate of drug-likeness (QED) is 0.0736. The number of nitrogens with zero attached hydrogens (tertiary/aromatic N) is 2. The lowest BCUT2D eigenvalue weighted by molar-refractivity contribution is -0.564. The van der Waals surface area contributed by atoms with Crippen molar-refractivity contribution in [3.05, 3.63) is 42.2 Å². The van der Waals surface area contributed by atoms with E-state index in [0.29, 0.717) is 30.8 Å². The Hall–Kier alpha value is -2.97. The molecule has 1 heterocycles. The summed E-state index contributed by atoms with van der Waals surface area (Å²) in [6, 6.07) is 7.33. The SMILES string of the molecule is CCCCCCCCc1cc(-c2ncccn2)ccc1OCCCCCCOCC(F)(F)OC(F)(F)C(F)(F)OC(F)(F)C(F)(F)OC(F)(F)F. The zero-order chi connectivity index (χ0) is 38.4. The Morgan fingerprint density at radius 2 is 1.12 bits per heavy atom. The molecule has 0 atom stereocenters. The van der Waals surface area contributed by atoms with E-state index in [1.54, 1.807) is 23.2 Å². The number of aromatic nitrogens is 2. The first-order valence-corrected chi connectivity index (χ1v) is 15.8. The highest BCUT2D eigenvalue weighted by Gasteiger charge is 2.74. The third kappa shape index (κ3) is 15.3. The molecular formula is C31H37F13N2O5. The van der Waals surface area contributed by atoms with Crippen LogP contribution in [0.15, 0.2) is 36.7 Å². The van der Waals surface area contributed by atoms with Gasteiger partial charge in [0, 0.05) is 24.6 Å². The fourth-order valence-electron chi connectivity index (χ4n) is 4.39. The van der Waals surface area contributed by atoms with Crippen LogP contribution in [0.3, 0.4) is 0 Å². The number of ether oxygens (including phenoxy) is 5. The van der Waals surface area contributed by atoms with Crippen molar-refractivity contribution >= 4 is 0 Å². The normalized spacial score (nSPS) is 13.5. The minimum absolute atomic E-state index is 0.0707. The average Bonchev–Trinajstić information content (AvgIpc) is 3.00. The van der Waals surface area contributed by atoms with Gasteiger partial charge in [-0.1, -0.05) is 45.4 Å². The van der Waals surface area contributed by atoms with Crippen molar-refractivity contribution in [2.45, 2.75) is 114 Å². The molecule has 2 rings (SSSR count). The third-order valence-electron chi connectivity index (χ3n) is 6.85. The van der Waals surface area contributed by atoms with Crippen molar-refractivity contribution in [3.8, 4) is 17.1 Å². The van der Waals surface area contributed by atoms with Gasteiger partial charge in [-0.3, -0.25) is 0 Å². The molecule has 1 aromatic heterocycles. The van der Waals surface area contributed by atoms with E-state index in [-0.39, 0.29) is 13.0 Å².